The van der Waals surface area contributed by atoms with Crippen LogP contribution in [0.15, 0.2) is 34.2 Å². The molecule has 7 nitrogen and oxygen atoms in total. The van der Waals surface area contributed by atoms with E-state index in [0.717, 1.165) is 10.4 Å². The third-order valence-corrected chi connectivity index (χ3v) is 6.73. The molecular formula is C21H24N4O3S2. The number of carbonyl (C=O) groups is 2. The Morgan fingerprint density at radius 2 is 2.00 bits per heavy atom. The molecule has 2 amide bonds. The molecule has 0 spiro atoms. The van der Waals surface area contributed by atoms with Gasteiger partial charge in [-0.05, 0) is 51.5 Å². The summed E-state index contributed by atoms with van der Waals surface area (Å²) < 4.78 is 1.61. The zero-order valence-corrected chi connectivity index (χ0v) is 19.0. The Labute approximate surface area is 182 Å². The summed E-state index contributed by atoms with van der Waals surface area (Å²) in [7, 11) is 0. The van der Waals surface area contributed by atoms with Gasteiger partial charge in [0, 0.05) is 29.2 Å². The molecule has 0 aliphatic carbocycles. The molecule has 0 aliphatic heterocycles. The van der Waals surface area contributed by atoms with E-state index in [1.807, 2.05) is 27.7 Å². The number of fused-ring (bicyclic) bond motifs is 1. The van der Waals surface area contributed by atoms with Crippen molar-refractivity contribution in [3.63, 3.8) is 0 Å². The minimum absolute atomic E-state index is 0.0677. The summed E-state index contributed by atoms with van der Waals surface area (Å²) in [6.07, 6.45) is 0. The van der Waals surface area contributed by atoms with Crippen molar-refractivity contribution < 1.29 is 9.59 Å². The van der Waals surface area contributed by atoms with Gasteiger partial charge in [0.15, 0.2) is 5.16 Å². The van der Waals surface area contributed by atoms with Crippen molar-refractivity contribution in [3.05, 3.63) is 50.6 Å². The third kappa shape index (κ3) is 4.57. The fourth-order valence-corrected chi connectivity index (χ4v) is 4.96. The Kier molecular flexibility index (Phi) is 6.94. The van der Waals surface area contributed by atoms with Gasteiger partial charge in [-0.2, -0.15) is 0 Å². The molecule has 2 aromatic heterocycles. The number of nitrogens with one attached hydrogen (secondary N) is 2. The average molecular weight is 445 g/mol. The van der Waals surface area contributed by atoms with Crippen LogP contribution in [-0.4, -0.2) is 33.7 Å². The molecule has 0 radical (unpaired) electrons. The molecule has 0 aliphatic rings. The van der Waals surface area contributed by atoms with Crippen LogP contribution in [0.5, 0.6) is 0 Å². The molecule has 9 heteroatoms. The van der Waals surface area contributed by atoms with Crippen LogP contribution in [0, 0.1) is 13.8 Å². The van der Waals surface area contributed by atoms with E-state index in [1.165, 1.54) is 23.1 Å². The lowest BCUT2D eigenvalue weighted by molar-refractivity contribution is -0.113. The Hall–Kier alpha value is -2.65. The number of carbonyl (C=O) groups excluding carboxylic acids is 2. The van der Waals surface area contributed by atoms with Crippen LogP contribution in [0.2, 0.25) is 0 Å². The van der Waals surface area contributed by atoms with Gasteiger partial charge < -0.3 is 10.6 Å². The van der Waals surface area contributed by atoms with Crippen LogP contribution in [0.1, 0.15) is 34.6 Å². The highest BCUT2D eigenvalue weighted by molar-refractivity contribution is 7.99. The molecule has 2 N–H and O–H groups in total. The van der Waals surface area contributed by atoms with Crippen molar-refractivity contribution in [2.24, 2.45) is 0 Å². The van der Waals surface area contributed by atoms with E-state index in [4.69, 9.17) is 0 Å². The molecular weight excluding hydrogens is 420 g/mol. The van der Waals surface area contributed by atoms with Gasteiger partial charge in [0.05, 0.1) is 11.1 Å². The molecule has 3 rings (SSSR count). The Balaban J connectivity index is 1.75. The number of aryl methyl sites for hydroxylation is 2. The van der Waals surface area contributed by atoms with Crippen molar-refractivity contribution in [3.8, 4) is 0 Å². The summed E-state index contributed by atoms with van der Waals surface area (Å²) >= 11 is 2.72. The van der Waals surface area contributed by atoms with Gasteiger partial charge in [-0.1, -0.05) is 17.8 Å². The standard InChI is InChI=1S/C21H24N4O3S2/c1-5-22-18(27)14-8-7-9-15(10-14)23-16(26)11-29-21-24-19-17(12(3)13(4)30-19)20(28)25(21)6-2/h7-10H,5-6,11H2,1-4H3,(H,22,27)(H,23,26). The van der Waals surface area contributed by atoms with Gasteiger partial charge in [-0.15, -0.1) is 11.3 Å². The number of nitrogens with zero attached hydrogens (tertiary/aromatic N) is 2. The zero-order chi connectivity index (χ0) is 21.8. The lowest BCUT2D eigenvalue weighted by Gasteiger charge is -2.11. The molecule has 0 atom stereocenters. The van der Waals surface area contributed by atoms with Crippen LogP contribution in [0.25, 0.3) is 10.2 Å². The predicted octanol–water partition coefficient (Wildman–Crippen LogP) is 3.58. The summed E-state index contributed by atoms with van der Waals surface area (Å²) in [5.41, 5.74) is 1.93. The molecule has 1 aromatic carbocycles. The van der Waals surface area contributed by atoms with Crippen molar-refractivity contribution in [2.45, 2.75) is 39.4 Å². The number of aromatic nitrogens is 2. The first-order chi connectivity index (χ1) is 14.3. The van der Waals surface area contributed by atoms with E-state index >= 15 is 0 Å². The predicted molar refractivity (Wildman–Crippen MR) is 123 cm³/mol. The van der Waals surface area contributed by atoms with Crippen molar-refractivity contribution >= 4 is 50.8 Å². The summed E-state index contributed by atoms with van der Waals surface area (Å²) in [6.45, 7) is 8.67. The maximum absolute atomic E-state index is 12.9. The molecule has 0 bridgehead atoms. The number of hydrogen-bond acceptors (Lipinski definition) is 6. The summed E-state index contributed by atoms with van der Waals surface area (Å²) in [5.74, 6) is -0.315. The molecule has 0 fully saturated rings. The monoisotopic (exact) mass is 444 g/mol. The van der Waals surface area contributed by atoms with E-state index in [-0.39, 0.29) is 23.1 Å². The maximum Gasteiger partial charge on any atom is 0.263 e. The topological polar surface area (TPSA) is 93.1 Å². The highest BCUT2D eigenvalue weighted by atomic mass is 32.2. The highest BCUT2D eigenvalue weighted by Crippen LogP contribution is 2.28. The quantitative estimate of drug-likeness (QED) is 0.429. The second-order valence-electron chi connectivity index (χ2n) is 6.68. The van der Waals surface area contributed by atoms with Crippen LogP contribution in [0.3, 0.4) is 0 Å². The molecule has 3 aromatic rings. The number of hydrogen-bond donors (Lipinski definition) is 2. The average Bonchev–Trinajstić information content (AvgIpc) is 3.00. The van der Waals surface area contributed by atoms with Gasteiger partial charge in [-0.25, -0.2) is 4.98 Å². The second kappa shape index (κ2) is 9.44. The van der Waals surface area contributed by atoms with Crippen LogP contribution < -0.4 is 16.2 Å². The summed E-state index contributed by atoms with van der Waals surface area (Å²) in [4.78, 5) is 43.7. The number of rotatable bonds is 7. The normalized spacial score (nSPS) is 10.9. The van der Waals surface area contributed by atoms with E-state index in [1.54, 1.807) is 28.8 Å². The van der Waals surface area contributed by atoms with Crippen LogP contribution in [0.4, 0.5) is 5.69 Å². The third-order valence-electron chi connectivity index (χ3n) is 4.65. The number of amides is 2. The number of thioether (sulfide) groups is 1. The highest BCUT2D eigenvalue weighted by Gasteiger charge is 2.17. The second-order valence-corrected chi connectivity index (χ2v) is 8.83. The van der Waals surface area contributed by atoms with E-state index in [9.17, 15) is 14.4 Å². The fourth-order valence-electron chi connectivity index (χ4n) is 3.03. The van der Waals surface area contributed by atoms with Crippen LogP contribution >= 0.6 is 23.1 Å². The van der Waals surface area contributed by atoms with Gasteiger partial charge >= 0.3 is 0 Å². The van der Waals surface area contributed by atoms with E-state index in [0.29, 0.717) is 39.7 Å². The minimum atomic E-state index is -0.233. The van der Waals surface area contributed by atoms with Gasteiger partial charge in [-0.3, -0.25) is 19.0 Å². The lowest BCUT2D eigenvalue weighted by atomic mass is 10.2. The van der Waals surface area contributed by atoms with Crippen molar-refractivity contribution in [1.82, 2.24) is 14.9 Å². The fraction of sp³-hybridized carbons (Fsp3) is 0.333. The maximum atomic E-state index is 12.9. The van der Waals surface area contributed by atoms with E-state index < -0.39 is 0 Å². The number of thiophene rings is 1. The Morgan fingerprint density at radius 1 is 1.23 bits per heavy atom. The molecule has 30 heavy (non-hydrogen) atoms. The first-order valence-corrected chi connectivity index (χ1v) is 11.5. The number of anilines is 1. The zero-order valence-electron chi connectivity index (χ0n) is 17.4. The first kappa shape index (κ1) is 22.0. The smallest absolute Gasteiger partial charge is 0.263 e. The SMILES string of the molecule is CCNC(=O)c1cccc(NC(=O)CSc2nc3sc(C)c(C)c3c(=O)n2CC)c1. The Morgan fingerprint density at radius 3 is 2.70 bits per heavy atom. The first-order valence-electron chi connectivity index (χ1n) is 9.67. The molecule has 158 valence electrons. The largest absolute Gasteiger partial charge is 0.352 e. The number of benzene rings is 1. The van der Waals surface area contributed by atoms with E-state index in [2.05, 4.69) is 15.6 Å². The van der Waals surface area contributed by atoms with Crippen LogP contribution in [-0.2, 0) is 11.3 Å². The molecule has 2 heterocycles. The lowest BCUT2D eigenvalue weighted by Crippen LogP contribution is -2.24. The summed E-state index contributed by atoms with van der Waals surface area (Å²) in [6, 6.07) is 6.78. The van der Waals surface area contributed by atoms with Crippen molar-refractivity contribution in [1.29, 1.82) is 0 Å². The summed E-state index contributed by atoms with van der Waals surface area (Å²) in [5, 5.41) is 6.72. The molecule has 0 saturated carbocycles. The molecule has 0 unspecified atom stereocenters. The van der Waals surface area contributed by atoms with Gasteiger partial charge in [0.1, 0.15) is 4.83 Å². The minimum Gasteiger partial charge on any atom is -0.352 e. The van der Waals surface area contributed by atoms with Gasteiger partial charge in [0.2, 0.25) is 5.91 Å². The van der Waals surface area contributed by atoms with Gasteiger partial charge in [0.25, 0.3) is 11.5 Å². The van der Waals surface area contributed by atoms with Crippen molar-refractivity contribution in [2.75, 3.05) is 17.6 Å². The molecule has 0 saturated heterocycles. The Bertz CT molecular complexity index is 1170.